The van der Waals surface area contributed by atoms with Crippen molar-refractivity contribution in [2.75, 3.05) is 13.1 Å². The molecule has 2 nitrogen and oxygen atoms in total. The zero-order chi connectivity index (χ0) is 11.1. The number of rotatable bonds is 6. The van der Waals surface area contributed by atoms with Gasteiger partial charge in [-0.1, -0.05) is 12.2 Å². The van der Waals surface area contributed by atoms with Crippen LogP contribution in [0, 0.1) is 0 Å². The number of allylic oxidation sites excluding steroid dienone is 1. The average molecular weight is 289 g/mol. The summed E-state index contributed by atoms with van der Waals surface area (Å²) in [6.07, 6.45) is 5.28. The van der Waals surface area contributed by atoms with E-state index in [1.807, 2.05) is 6.92 Å². The highest BCUT2D eigenvalue weighted by Crippen LogP contribution is 2.28. The number of nitrogens with one attached hydrogen (secondary N) is 1. The second-order valence-corrected chi connectivity index (χ2v) is 5.03. The lowest BCUT2D eigenvalue weighted by molar-refractivity contribution is 0.554. The molecule has 1 rings (SSSR count). The third-order valence-corrected chi connectivity index (χ3v) is 4.12. The molecular weight excluding hydrogens is 272 g/mol. The molecule has 0 saturated heterocycles. The molecule has 0 aliphatic rings. The summed E-state index contributed by atoms with van der Waals surface area (Å²) in [5.74, 6) is 0. The van der Waals surface area contributed by atoms with Crippen molar-refractivity contribution in [2.45, 2.75) is 19.4 Å². The molecule has 1 aromatic rings. The van der Waals surface area contributed by atoms with Gasteiger partial charge in [-0.15, -0.1) is 11.3 Å². The minimum absolute atomic E-state index is 0.268. The molecule has 84 valence electrons. The quantitative estimate of drug-likeness (QED) is 0.624. The monoisotopic (exact) mass is 288 g/mol. The van der Waals surface area contributed by atoms with Crippen LogP contribution in [-0.2, 0) is 0 Å². The Morgan fingerprint density at radius 2 is 2.47 bits per heavy atom. The van der Waals surface area contributed by atoms with Crippen molar-refractivity contribution < 1.29 is 0 Å². The molecule has 0 aliphatic carbocycles. The maximum atomic E-state index is 5.75. The normalized spacial score (nSPS) is 13.5. The van der Waals surface area contributed by atoms with Gasteiger partial charge in [0.05, 0.1) is 6.04 Å². The molecule has 15 heavy (non-hydrogen) atoms. The van der Waals surface area contributed by atoms with E-state index in [4.69, 9.17) is 5.73 Å². The van der Waals surface area contributed by atoms with Crippen LogP contribution >= 0.6 is 27.3 Å². The van der Waals surface area contributed by atoms with Crippen molar-refractivity contribution in [3.05, 3.63) is 32.9 Å². The van der Waals surface area contributed by atoms with E-state index in [2.05, 4.69) is 44.8 Å². The molecule has 1 unspecified atom stereocenters. The van der Waals surface area contributed by atoms with E-state index in [0.717, 1.165) is 17.4 Å². The predicted octanol–water partition coefficient (Wildman–Crippen LogP) is 3.07. The highest BCUT2D eigenvalue weighted by Gasteiger charge is 2.12. The molecule has 0 spiro atoms. The maximum absolute atomic E-state index is 5.75. The van der Waals surface area contributed by atoms with Gasteiger partial charge in [0.25, 0.3) is 0 Å². The zero-order valence-corrected chi connectivity index (χ0v) is 11.3. The van der Waals surface area contributed by atoms with Crippen molar-refractivity contribution in [3.63, 3.8) is 0 Å². The Hall–Kier alpha value is -0.160. The van der Waals surface area contributed by atoms with Gasteiger partial charge in [0.2, 0.25) is 0 Å². The number of thiophene rings is 1. The van der Waals surface area contributed by atoms with Crippen molar-refractivity contribution in [1.82, 2.24) is 5.32 Å². The second kappa shape index (κ2) is 7.17. The van der Waals surface area contributed by atoms with Gasteiger partial charge in [-0.2, -0.15) is 0 Å². The van der Waals surface area contributed by atoms with Crippen LogP contribution in [0.4, 0.5) is 0 Å². The summed E-state index contributed by atoms with van der Waals surface area (Å²) >= 11 is 5.27. The third-order valence-electron chi connectivity index (χ3n) is 2.13. The molecule has 0 amide bonds. The topological polar surface area (TPSA) is 38.0 Å². The number of hydrogen-bond donors (Lipinski definition) is 2. The van der Waals surface area contributed by atoms with E-state index >= 15 is 0 Å². The molecule has 0 bridgehead atoms. The van der Waals surface area contributed by atoms with Crippen LogP contribution in [0.15, 0.2) is 28.1 Å². The Morgan fingerprint density at radius 3 is 3.00 bits per heavy atom. The summed E-state index contributed by atoms with van der Waals surface area (Å²) in [5, 5.41) is 5.53. The molecule has 0 aliphatic heterocycles. The summed E-state index contributed by atoms with van der Waals surface area (Å²) < 4.78 is 1.15. The Labute approximate surface area is 104 Å². The summed E-state index contributed by atoms with van der Waals surface area (Å²) in [6.45, 7) is 3.64. The van der Waals surface area contributed by atoms with Crippen LogP contribution < -0.4 is 11.1 Å². The number of halogens is 1. The van der Waals surface area contributed by atoms with Crippen LogP contribution in [0.25, 0.3) is 0 Å². The van der Waals surface area contributed by atoms with Crippen LogP contribution in [0.1, 0.15) is 24.3 Å². The van der Waals surface area contributed by atoms with E-state index in [0.29, 0.717) is 6.54 Å². The molecule has 1 atom stereocenters. The van der Waals surface area contributed by atoms with E-state index < -0.39 is 0 Å². The van der Waals surface area contributed by atoms with Crippen molar-refractivity contribution in [1.29, 1.82) is 0 Å². The molecular formula is C11H17BrN2S. The summed E-state index contributed by atoms with van der Waals surface area (Å²) in [7, 11) is 0. The first-order valence-electron chi connectivity index (χ1n) is 5.07. The fraction of sp³-hybridized carbons (Fsp3) is 0.455. The van der Waals surface area contributed by atoms with Crippen molar-refractivity contribution in [3.8, 4) is 0 Å². The van der Waals surface area contributed by atoms with Crippen molar-refractivity contribution >= 4 is 27.3 Å². The molecule has 1 heterocycles. The van der Waals surface area contributed by atoms with Gasteiger partial charge in [-0.25, -0.2) is 0 Å². The number of hydrogen-bond acceptors (Lipinski definition) is 3. The number of nitrogens with two attached hydrogens (primary N) is 1. The highest BCUT2D eigenvalue weighted by molar-refractivity contribution is 9.10. The molecule has 3 N–H and O–H groups in total. The first-order chi connectivity index (χ1) is 7.29. The fourth-order valence-electron chi connectivity index (χ4n) is 1.34. The van der Waals surface area contributed by atoms with Gasteiger partial charge >= 0.3 is 0 Å². The zero-order valence-electron chi connectivity index (χ0n) is 8.87. The maximum Gasteiger partial charge on any atom is 0.0550 e. The highest BCUT2D eigenvalue weighted by atomic mass is 79.9. The molecule has 0 fully saturated rings. The van der Waals surface area contributed by atoms with E-state index in [1.54, 1.807) is 11.3 Å². The van der Waals surface area contributed by atoms with E-state index in [9.17, 15) is 0 Å². The molecule has 0 saturated carbocycles. The third kappa shape index (κ3) is 4.07. The summed E-state index contributed by atoms with van der Waals surface area (Å²) in [4.78, 5) is 1.29. The first kappa shape index (κ1) is 12.9. The van der Waals surface area contributed by atoms with Gasteiger partial charge in [0, 0.05) is 15.9 Å². The lowest BCUT2D eigenvalue weighted by Gasteiger charge is -2.15. The van der Waals surface area contributed by atoms with Gasteiger partial charge in [-0.05, 0) is 47.3 Å². The van der Waals surface area contributed by atoms with Crippen LogP contribution in [0.5, 0.6) is 0 Å². The second-order valence-electron chi connectivity index (χ2n) is 3.23. The van der Waals surface area contributed by atoms with Crippen LogP contribution in [-0.4, -0.2) is 13.1 Å². The predicted molar refractivity (Wildman–Crippen MR) is 71.2 cm³/mol. The molecule has 0 aromatic carbocycles. The Kier molecular flexibility index (Phi) is 6.17. The van der Waals surface area contributed by atoms with E-state index in [1.165, 1.54) is 4.88 Å². The van der Waals surface area contributed by atoms with Crippen LogP contribution in [0.2, 0.25) is 0 Å². The largest absolute Gasteiger partial charge is 0.329 e. The van der Waals surface area contributed by atoms with E-state index in [-0.39, 0.29) is 6.04 Å². The Bertz CT molecular complexity index is 309. The summed E-state index contributed by atoms with van der Waals surface area (Å²) in [5.41, 5.74) is 5.75. The SMILES string of the molecule is C/C=C/CCNC(CN)c1sccc1Br. The lowest BCUT2D eigenvalue weighted by Crippen LogP contribution is -2.28. The smallest absolute Gasteiger partial charge is 0.0550 e. The Morgan fingerprint density at radius 1 is 1.67 bits per heavy atom. The Balaban J connectivity index is 2.46. The van der Waals surface area contributed by atoms with Crippen LogP contribution in [0.3, 0.4) is 0 Å². The standard InChI is InChI=1S/C11H17BrN2S/c1-2-3-4-6-14-10(8-13)11-9(12)5-7-15-11/h2-3,5,7,10,14H,4,6,8,13H2,1H3/b3-2+. The first-order valence-corrected chi connectivity index (χ1v) is 6.74. The summed E-state index contributed by atoms with van der Waals surface area (Å²) in [6, 6.07) is 2.33. The molecule has 1 aromatic heterocycles. The lowest BCUT2D eigenvalue weighted by atomic mass is 10.2. The minimum atomic E-state index is 0.268. The fourth-order valence-corrected chi connectivity index (χ4v) is 3.08. The molecule has 0 radical (unpaired) electrons. The van der Waals surface area contributed by atoms with Crippen molar-refractivity contribution in [2.24, 2.45) is 5.73 Å². The van der Waals surface area contributed by atoms with Gasteiger partial charge in [0.15, 0.2) is 0 Å². The average Bonchev–Trinajstić information content (AvgIpc) is 2.65. The van der Waals surface area contributed by atoms with Gasteiger partial charge < -0.3 is 11.1 Å². The minimum Gasteiger partial charge on any atom is -0.329 e. The van der Waals surface area contributed by atoms with Gasteiger partial charge in [0.1, 0.15) is 0 Å². The molecule has 4 heteroatoms. The van der Waals surface area contributed by atoms with Gasteiger partial charge in [-0.3, -0.25) is 0 Å².